The maximum Gasteiger partial charge on any atom is 0.0670 e. The van der Waals surface area contributed by atoms with Crippen LogP contribution in [0.5, 0.6) is 0 Å². The molecule has 0 aromatic heterocycles. The van der Waals surface area contributed by atoms with E-state index < -0.39 is 0 Å². The van der Waals surface area contributed by atoms with Crippen LogP contribution in [0.1, 0.15) is 38.8 Å². The molecule has 1 aliphatic rings. The molecule has 1 aromatic rings. The molecule has 0 unspecified atom stereocenters. The van der Waals surface area contributed by atoms with Gasteiger partial charge in [0.05, 0.1) is 11.3 Å². The number of benzene rings is 1. The Morgan fingerprint density at radius 1 is 1.12 bits per heavy atom. The first-order valence-corrected chi connectivity index (χ1v) is 5.98. The molecule has 0 saturated carbocycles. The number of hydrogen-bond donors (Lipinski definition) is 1. The molecule has 2 N–H and O–H groups in total. The molecular formula is C15H20N2. The van der Waals surface area contributed by atoms with E-state index in [1.165, 1.54) is 11.1 Å². The van der Waals surface area contributed by atoms with Gasteiger partial charge in [-0.2, -0.15) is 0 Å². The van der Waals surface area contributed by atoms with E-state index in [2.05, 4.69) is 45.9 Å². The zero-order chi connectivity index (χ0) is 12.7. The molecule has 0 atom stereocenters. The van der Waals surface area contributed by atoms with Crippen LogP contribution in [0.2, 0.25) is 0 Å². The monoisotopic (exact) mass is 228 g/mol. The Labute approximate surface area is 103 Å². The van der Waals surface area contributed by atoms with E-state index in [1.807, 2.05) is 12.1 Å². The molecule has 17 heavy (non-hydrogen) atoms. The van der Waals surface area contributed by atoms with Gasteiger partial charge in [0, 0.05) is 11.0 Å². The number of aliphatic imine (C=N–C) groups is 1. The molecule has 0 saturated heterocycles. The number of hydrogen-bond acceptors (Lipinski definition) is 2. The van der Waals surface area contributed by atoms with Gasteiger partial charge in [0.2, 0.25) is 0 Å². The van der Waals surface area contributed by atoms with E-state index in [9.17, 15) is 0 Å². The van der Waals surface area contributed by atoms with Crippen molar-refractivity contribution >= 4 is 5.71 Å². The Hall–Kier alpha value is -1.57. The van der Waals surface area contributed by atoms with Crippen molar-refractivity contribution in [3.8, 4) is 0 Å². The van der Waals surface area contributed by atoms with Gasteiger partial charge in [-0.25, -0.2) is 0 Å². The van der Waals surface area contributed by atoms with Crippen molar-refractivity contribution in [3.05, 3.63) is 47.7 Å². The molecule has 0 fully saturated rings. The lowest BCUT2D eigenvalue weighted by Crippen LogP contribution is -2.45. The van der Waals surface area contributed by atoms with Crippen molar-refractivity contribution in [2.75, 3.05) is 0 Å². The lowest BCUT2D eigenvalue weighted by atomic mass is 9.66. The zero-order valence-electron chi connectivity index (χ0n) is 11.0. The SMILES string of the molecule is CC1(C)N=C(/C=C\N)c2ccccc2C1(C)C. The van der Waals surface area contributed by atoms with Gasteiger partial charge < -0.3 is 5.73 Å². The Balaban J connectivity index is 2.72. The molecule has 0 spiro atoms. The van der Waals surface area contributed by atoms with Crippen LogP contribution in [-0.4, -0.2) is 11.3 Å². The largest absolute Gasteiger partial charge is 0.405 e. The Kier molecular flexibility index (Phi) is 2.61. The van der Waals surface area contributed by atoms with Crippen molar-refractivity contribution in [1.82, 2.24) is 0 Å². The summed E-state index contributed by atoms with van der Waals surface area (Å²) in [6.45, 7) is 8.84. The topological polar surface area (TPSA) is 38.4 Å². The van der Waals surface area contributed by atoms with E-state index in [-0.39, 0.29) is 11.0 Å². The van der Waals surface area contributed by atoms with Crippen molar-refractivity contribution < 1.29 is 0 Å². The molecule has 1 aromatic carbocycles. The lowest BCUT2D eigenvalue weighted by Gasteiger charge is -2.44. The number of nitrogens with two attached hydrogens (primary N) is 1. The maximum atomic E-state index is 5.51. The Bertz CT molecular complexity index is 493. The standard InChI is InChI=1S/C15H20N2/c1-14(2)12-8-6-5-7-11(12)13(9-10-16)17-15(14,3)4/h5-10H,16H2,1-4H3/b10-9-. The van der Waals surface area contributed by atoms with Gasteiger partial charge in [-0.1, -0.05) is 38.1 Å². The third-order valence-corrected chi connectivity index (χ3v) is 4.06. The summed E-state index contributed by atoms with van der Waals surface area (Å²) in [7, 11) is 0. The summed E-state index contributed by atoms with van der Waals surface area (Å²) >= 11 is 0. The fourth-order valence-electron chi connectivity index (χ4n) is 2.30. The van der Waals surface area contributed by atoms with Gasteiger partial charge in [-0.15, -0.1) is 0 Å². The van der Waals surface area contributed by atoms with E-state index in [0.29, 0.717) is 0 Å². The minimum Gasteiger partial charge on any atom is -0.405 e. The fraction of sp³-hybridized carbons (Fsp3) is 0.400. The molecule has 90 valence electrons. The van der Waals surface area contributed by atoms with Gasteiger partial charge >= 0.3 is 0 Å². The van der Waals surface area contributed by atoms with Crippen molar-refractivity contribution in [2.45, 2.75) is 38.6 Å². The number of nitrogens with zero attached hydrogens (tertiary/aromatic N) is 1. The third kappa shape index (κ3) is 1.68. The minimum absolute atomic E-state index is 0.0233. The number of rotatable bonds is 1. The highest BCUT2D eigenvalue weighted by molar-refractivity contribution is 6.11. The highest BCUT2D eigenvalue weighted by atomic mass is 14.9. The molecule has 2 heteroatoms. The van der Waals surface area contributed by atoms with Gasteiger partial charge in [-0.05, 0) is 31.7 Å². The second-order valence-corrected chi connectivity index (χ2v) is 5.59. The second-order valence-electron chi connectivity index (χ2n) is 5.59. The highest BCUT2D eigenvalue weighted by Gasteiger charge is 2.42. The normalized spacial score (nSPS) is 21.1. The fourth-order valence-corrected chi connectivity index (χ4v) is 2.30. The first-order valence-electron chi connectivity index (χ1n) is 5.98. The second kappa shape index (κ2) is 3.73. The smallest absolute Gasteiger partial charge is 0.0670 e. The summed E-state index contributed by atoms with van der Waals surface area (Å²) in [4.78, 5) is 4.85. The van der Waals surface area contributed by atoms with Crippen LogP contribution < -0.4 is 5.73 Å². The van der Waals surface area contributed by atoms with E-state index >= 15 is 0 Å². The van der Waals surface area contributed by atoms with Gasteiger partial charge in [0.25, 0.3) is 0 Å². The maximum absolute atomic E-state index is 5.51. The molecule has 1 heterocycles. The van der Waals surface area contributed by atoms with E-state index in [0.717, 1.165) is 5.71 Å². The quantitative estimate of drug-likeness (QED) is 0.788. The Morgan fingerprint density at radius 2 is 1.76 bits per heavy atom. The highest BCUT2D eigenvalue weighted by Crippen LogP contribution is 2.42. The third-order valence-electron chi connectivity index (χ3n) is 4.06. The van der Waals surface area contributed by atoms with Gasteiger partial charge in [-0.3, -0.25) is 4.99 Å². The van der Waals surface area contributed by atoms with Crippen LogP contribution in [0.3, 0.4) is 0 Å². The summed E-state index contributed by atoms with van der Waals surface area (Å²) < 4.78 is 0. The predicted molar refractivity (Wildman–Crippen MR) is 73.4 cm³/mol. The van der Waals surface area contributed by atoms with E-state index in [4.69, 9.17) is 10.7 Å². The van der Waals surface area contributed by atoms with Gasteiger partial charge in [0.15, 0.2) is 0 Å². The molecule has 2 rings (SSSR count). The van der Waals surface area contributed by atoms with Crippen LogP contribution in [0.4, 0.5) is 0 Å². The summed E-state index contributed by atoms with van der Waals surface area (Å²) in [6, 6.07) is 8.44. The van der Waals surface area contributed by atoms with E-state index in [1.54, 1.807) is 6.20 Å². The Morgan fingerprint density at radius 3 is 2.41 bits per heavy atom. The molecular weight excluding hydrogens is 208 g/mol. The van der Waals surface area contributed by atoms with Crippen LogP contribution in [0, 0.1) is 0 Å². The molecule has 0 aliphatic carbocycles. The predicted octanol–water partition coefficient (Wildman–Crippen LogP) is 3.02. The molecule has 0 amide bonds. The van der Waals surface area contributed by atoms with Crippen LogP contribution in [0.15, 0.2) is 41.5 Å². The molecule has 0 bridgehead atoms. The summed E-state index contributed by atoms with van der Waals surface area (Å²) in [6.07, 6.45) is 3.44. The first kappa shape index (κ1) is 11.9. The van der Waals surface area contributed by atoms with Gasteiger partial charge in [0.1, 0.15) is 0 Å². The van der Waals surface area contributed by atoms with Crippen LogP contribution >= 0.6 is 0 Å². The zero-order valence-corrected chi connectivity index (χ0v) is 11.0. The summed E-state index contributed by atoms with van der Waals surface area (Å²) in [5, 5.41) is 0. The average molecular weight is 228 g/mol. The van der Waals surface area contributed by atoms with Crippen molar-refractivity contribution in [1.29, 1.82) is 0 Å². The first-order chi connectivity index (χ1) is 7.90. The number of allylic oxidation sites excluding steroid dienone is 1. The van der Waals surface area contributed by atoms with Crippen LogP contribution in [0.25, 0.3) is 0 Å². The van der Waals surface area contributed by atoms with Crippen LogP contribution in [-0.2, 0) is 5.41 Å². The van der Waals surface area contributed by atoms with Crippen molar-refractivity contribution in [3.63, 3.8) is 0 Å². The molecule has 0 radical (unpaired) electrons. The lowest BCUT2D eigenvalue weighted by molar-refractivity contribution is 0.304. The van der Waals surface area contributed by atoms with Crippen molar-refractivity contribution in [2.24, 2.45) is 10.7 Å². The molecule has 2 nitrogen and oxygen atoms in total. The summed E-state index contributed by atoms with van der Waals surface area (Å²) in [5.41, 5.74) is 8.92. The number of fused-ring (bicyclic) bond motifs is 1. The minimum atomic E-state index is -0.129. The summed E-state index contributed by atoms with van der Waals surface area (Å²) in [5.74, 6) is 0. The molecule has 1 aliphatic heterocycles. The average Bonchev–Trinajstić information content (AvgIpc) is 2.26.